The number of anilines is 1. The summed E-state index contributed by atoms with van der Waals surface area (Å²) in [7, 11) is 0. The van der Waals surface area contributed by atoms with E-state index in [9.17, 15) is 4.79 Å². The fourth-order valence-electron chi connectivity index (χ4n) is 2.16. The van der Waals surface area contributed by atoms with Gasteiger partial charge in [-0.3, -0.25) is 0 Å². The standard InChI is InChI=1S/C11H15N5O2/c1-7-8(2)12-10(15-3-5-18-6-4-15)16-9(7)13-14-11(16)17/h3-6H2,1-2H3,(H,14,17). The van der Waals surface area contributed by atoms with Gasteiger partial charge in [-0.05, 0) is 13.8 Å². The zero-order valence-electron chi connectivity index (χ0n) is 10.4. The fourth-order valence-corrected chi connectivity index (χ4v) is 2.16. The number of nitrogens with one attached hydrogen (secondary N) is 1. The number of hydrogen-bond acceptors (Lipinski definition) is 5. The summed E-state index contributed by atoms with van der Waals surface area (Å²) in [4.78, 5) is 18.4. The Labute approximate surface area is 103 Å². The van der Waals surface area contributed by atoms with Crippen molar-refractivity contribution in [2.45, 2.75) is 13.8 Å². The molecule has 2 aromatic heterocycles. The number of nitrogens with zero attached hydrogens (tertiary/aromatic N) is 4. The van der Waals surface area contributed by atoms with Crippen LogP contribution in [0.2, 0.25) is 0 Å². The molecule has 7 nitrogen and oxygen atoms in total. The van der Waals surface area contributed by atoms with Gasteiger partial charge in [-0.1, -0.05) is 0 Å². The van der Waals surface area contributed by atoms with Crippen LogP contribution < -0.4 is 10.6 Å². The van der Waals surface area contributed by atoms with Crippen molar-refractivity contribution in [3.8, 4) is 0 Å². The molecule has 0 aromatic carbocycles. The number of hydrogen-bond donors (Lipinski definition) is 1. The molecule has 96 valence electrons. The summed E-state index contributed by atoms with van der Waals surface area (Å²) in [6.07, 6.45) is 0. The Morgan fingerprint density at radius 3 is 2.72 bits per heavy atom. The first-order valence-electron chi connectivity index (χ1n) is 5.95. The lowest BCUT2D eigenvalue weighted by Gasteiger charge is -2.28. The SMILES string of the molecule is Cc1nc(N2CCOCC2)n2c(=O)[nH]nc2c1C. The summed E-state index contributed by atoms with van der Waals surface area (Å²) in [6, 6.07) is 0. The van der Waals surface area contributed by atoms with Crippen molar-refractivity contribution in [3.63, 3.8) is 0 Å². The van der Waals surface area contributed by atoms with E-state index in [1.165, 1.54) is 4.40 Å². The number of rotatable bonds is 1. The van der Waals surface area contributed by atoms with Gasteiger partial charge in [-0.2, -0.15) is 5.10 Å². The summed E-state index contributed by atoms with van der Waals surface area (Å²) in [5.74, 6) is 0.648. The topological polar surface area (TPSA) is 75.5 Å². The number of fused-ring (bicyclic) bond motifs is 1. The molecule has 1 saturated heterocycles. The van der Waals surface area contributed by atoms with Crippen LogP contribution in [0.25, 0.3) is 5.65 Å². The van der Waals surface area contributed by atoms with E-state index in [1.807, 2.05) is 13.8 Å². The van der Waals surface area contributed by atoms with Crippen molar-refractivity contribution in [2.75, 3.05) is 31.2 Å². The largest absolute Gasteiger partial charge is 0.378 e. The maximum atomic E-state index is 11.9. The average Bonchev–Trinajstić information content (AvgIpc) is 2.77. The first kappa shape index (κ1) is 11.2. The second-order valence-corrected chi connectivity index (χ2v) is 4.41. The van der Waals surface area contributed by atoms with Crippen molar-refractivity contribution in [2.24, 2.45) is 0 Å². The van der Waals surface area contributed by atoms with E-state index >= 15 is 0 Å². The van der Waals surface area contributed by atoms with Gasteiger partial charge in [0.05, 0.1) is 13.2 Å². The van der Waals surface area contributed by atoms with Gasteiger partial charge in [0.25, 0.3) is 0 Å². The van der Waals surface area contributed by atoms with Crippen molar-refractivity contribution in [1.82, 2.24) is 19.6 Å². The molecule has 0 spiro atoms. The van der Waals surface area contributed by atoms with Gasteiger partial charge in [0.2, 0.25) is 5.95 Å². The molecule has 1 aliphatic rings. The molecule has 7 heteroatoms. The lowest BCUT2D eigenvalue weighted by molar-refractivity contribution is 0.122. The molecule has 0 unspecified atom stereocenters. The van der Waals surface area contributed by atoms with Gasteiger partial charge in [-0.15, -0.1) is 0 Å². The van der Waals surface area contributed by atoms with E-state index in [4.69, 9.17) is 4.74 Å². The van der Waals surface area contributed by atoms with Crippen LogP contribution in [-0.4, -0.2) is 45.9 Å². The van der Waals surface area contributed by atoms with Crippen LogP contribution in [0.3, 0.4) is 0 Å². The highest BCUT2D eigenvalue weighted by molar-refractivity contribution is 5.53. The Morgan fingerprint density at radius 1 is 1.28 bits per heavy atom. The summed E-state index contributed by atoms with van der Waals surface area (Å²) in [5.41, 5.74) is 2.21. The second-order valence-electron chi connectivity index (χ2n) is 4.41. The minimum absolute atomic E-state index is 0.248. The zero-order valence-corrected chi connectivity index (χ0v) is 10.4. The quantitative estimate of drug-likeness (QED) is 0.762. The molecule has 1 aliphatic heterocycles. The molecule has 0 radical (unpaired) electrons. The molecule has 0 aliphatic carbocycles. The normalized spacial score (nSPS) is 16.4. The fraction of sp³-hybridized carbons (Fsp3) is 0.545. The molecule has 18 heavy (non-hydrogen) atoms. The van der Waals surface area contributed by atoms with Gasteiger partial charge >= 0.3 is 5.69 Å². The van der Waals surface area contributed by atoms with Crippen LogP contribution in [0.5, 0.6) is 0 Å². The molecule has 3 rings (SSSR count). The van der Waals surface area contributed by atoms with Crippen LogP contribution in [0, 0.1) is 13.8 Å². The maximum absolute atomic E-state index is 11.9. The Balaban J connectivity index is 2.24. The van der Waals surface area contributed by atoms with Crippen LogP contribution >= 0.6 is 0 Å². The number of H-pyrrole nitrogens is 1. The predicted octanol–water partition coefficient (Wildman–Crippen LogP) is -0.129. The predicted molar refractivity (Wildman–Crippen MR) is 66.1 cm³/mol. The van der Waals surface area contributed by atoms with Crippen molar-refractivity contribution in [1.29, 1.82) is 0 Å². The van der Waals surface area contributed by atoms with Gasteiger partial charge in [0.1, 0.15) is 0 Å². The molecule has 1 N–H and O–H groups in total. The third-order valence-corrected chi connectivity index (χ3v) is 3.31. The summed E-state index contributed by atoms with van der Waals surface area (Å²) in [6.45, 7) is 6.63. The van der Waals surface area contributed by atoms with Gasteiger partial charge in [0, 0.05) is 24.3 Å². The molecule has 3 heterocycles. The van der Waals surface area contributed by atoms with Crippen LogP contribution in [-0.2, 0) is 4.74 Å². The molecular formula is C11H15N5O2. The first-order chi connectivity index (χ1) is 8.68. The van der Waals surface area contributed by atoms with Crippen LogP contribution in [0.4, 0.5) is 5.95 Å². The van der Waals surface area contributed by atoms with Crippen molar-refractivity contribution >= 4 is 11.6 Å². The van der Waals surface area contributed by atoms with Gasteiger partial charge in [-0.25, -0.2) is 19.3 Å². The molecule has 0 amide bonds. The van der Waals surface area contributed by atoms with E-state index in [2.05, 4.69) is 20.1 Å². The lowest BCUT2D eigenvalue weighted by atomic mass is 10.2. The number of aryl methyl sites for hydroxylation is 2. The van der Waals surface area contributed by atoms with Crippen molar-refractivity contribution < 1.29 is 4.74 Å². The highest BCUT2D eigenvalue weighted by Crippen LogP contribution is 2.17. The Kier molecular flexibility index (Phi) is 2.55. The van der Waals surface area contributed by atoms with E-state index in [1.54, 1.807) is 0 Å². The number of morpholine rings is 1. The van der Waals surface area contributed by atoms with E-state index in [0.29, 0.717) is 24.8 Å². The van der Waals surface area contributed by atoms with Gasteiger partial charge < -0.3 is 9.64 Å². The monoisotopic (exact) mass is 249 g/mol. The average molecular weight is 249 g/mol. The second kappa shape index (κ2) is 4.09. The number of ether oxygens (including phenoxy) is 1. The Morgan fingerprint density at radius 2 is 2.00 bits per heavy atom. The third kappa shape index (κ3) is 1.59. The van der Waals surface area contributed by atoms with Crippen molar-refractivity contribution in [3.05, 3.63) is 21.7 Å². The smallest absolute Gasteiger partial charge is 0.350 e. The maximum Gasteiger partial charge on any atom is 0.350 e. The minimum atomic E-state index is -0.248. The van der Waals surface area contributed by atoms with Crippen LogP contribution in [0.15, 0.2) is 4.79 Å². The lowest BCUT2D eigenvalue weighted by Crippen LogP contribution is -2.39. The molecule has 0 atom stereocenters. The third-order valence-electron chi connectivity index (χ3n) is 3.31. The molecule has 2 aromatic rings. The summed E-state index contributed by atoms with van der Waals surface area (Å²) in [5, 5.41) is 6.55. The van der Waals surface area contributed by atoms with Crippen LogP contribution in [0.1, 0.15) is 11.3 Å². The highest BCUT2D eigenvalue weighted by atomic mass is 16.5. The molecule has 0 saturated carbocycles. The Bertz CT molecular complexity index is 639. The summed E-state index contributed by atoms with van der Waals surface area (Å²) < 4.78 is 6.85. The number of aromatic amines is 1. The molecule has 1 fully saturated rings. The number of aromatic nitrogens is 4. The Hall–Kier alpha value is -1.89. The minimum Gasteiger partial charge on any atom is -0.378 e. The molecule has 0 bridgehead atoms. The highest BCUT2D eigenvalue weighted by Gasteiger charge is 2.19. The van der Waals surface area contributed by atoms with Gasteiger partial charge in [0.15, 0.2) is 5.65 Å². The zero-order chi connectivity index (χ0) is 12.7. The summed E-state index contributed by atoms with van der Waals surface area (Å²) >= 11 is 0. The van der Waals surface area contributed by atoms with E-state index < -0.39 is 0 Å². The van der Waals surface area contributed by atoms with E-state index in [0.717, 1.165) is 24.3 Å². The first-order valence-corrected chi connectivity index (χ1v) is 5.95. The molecular weight excluding hydrogens is 234 g/mol. The van der Waals surface area contributed by atoms with E-state index in [-0.39, 0.29) is 5.69 Å².